The van der Waals surface area contributed by atoms with Crippen LogP contribution in [0.15, 0.2) is 23.1 Å². The van der Waals surface area contributed by atoms with Gasteiger partial charge in [-0.2, -0.15) is 0 Å². The zero-order chi connectivity index (χ0) is 14.5. The smallest absolute Gasteiger partial charge is 0.242 e. The minimum Gasteiger partial charge on any atom is -0.392 e. The van der Waals surface area contributed by atoms with Crippen molar-refractivity contribution in [2.45, 2.75) is 37.7 Å². The molecule has 6 heteroatoms. The standard InChI is InChI=1S/C13H20ClNO3S/c1-3-4-5-8-15(2)19(17,18)12-7-6-11(10-16)13(14)9-12/h6-7,9,16H,3-5,8,10H2,1-2H3. The highest BCUT2D eigenvalue weighted by molar-refractivity contribution is 7.89. The summed E-state index contributed by atoms with van der Waals surface area (Å²) >= 11 is 5.92. The monoisotopic (exact) mass is 305 g/mol. The number of sulfonamides is 1. The van der Waals surface area contributed by atoms with E-state index < -0.39 is 10.0 Å². The third kappa shape index (κ3) is 4.18. The first-order valence-corrected chi connectivity index (χ1v) is 8.11. The molecule has 19 heavy (non-hydrogen) atoms. The van der Waals surface area contributed by atoms with E-state index in [0.717, 1.165) is 19.3 Å². The van der Waals surface area contributed by atoms with Crippen LogP contribution in [0, 0.1) is 0 Å². The van der Waals surface area contributed by atoms with Crippen molar-refractivity contribution >= 4 is 21.6 Å². The molecule has 108 valence electrons. The highest BCUT2D eigenvalue weighted by atomic mass is 35.5. The number of aliphatic hydroxyl groups is 1. The summed E-state index contributed by atoms with van der Waals surface area (Å²) in [5.74, 6) is 0. The van der Waals surface area contributed by atoms with Gasteiger partial charge in [-0.25, -0.2) is 12.7 Å². The van der Waals surface area contributed by atoms with E-state index in [1.54, 1.807) is 7.05 Å². The zero-order valence-corrected chi connectivity index (χ0v) is 12.8. The summed E-state index contributed by atoms with van der Waals surface area (Å²) in [7, 11) is -1.93. The van der Waals surface area contributed by atoms with Crippen molar-refractivity contribution in [1.29, 1.82) is 0 Å². The van der Waals surface area contributed by atoms with Crippen LogP contribution in [0.1, 0.15) is 31.7 Å². The molecule has 0 fully saturated rings. The molecule has 1 aromatic carbocycles. The predicted octanol–water partition coefficient (Wildman–Crippen LogP) is 2.64. The molecule has 0 spiro atoms. The molecule has 0 atom stereocenters. The molecule has 0 aromatic heterocycles. The molecule has 0 unspecified atom stereocenters. The third-order valence-corrected chi connectivity index (χ3v) is 5.18. The molecule has 0 saturated heterocycles. The minimum atomic E-state index is -3.50. The summed E-state index contributed by atoms with van der Waals surface area (Å²) in [6, 6.07) is 4.40. The number of hydrogen-bond donors (Lipinski definition) is 1. The van der Waals surface area contributed by atoms with Gasteiger partial charge in [-0.15, -0.1) is 0 Å². The Bertz CT molecular complexity index is 517. The molecule has 0 saturated carbocycles. The van der Waals surface area contributed by atoms with Crippen LogP contribution in [0.2, 0.25) is 5.02 Å². The Morgan fingerprint density at radius 2 is 2.00 bits per heavy atom. The van der Waals surface area contributed by atoms with Gasteiger partial charge >= 0.3 is 0 Å². The number of nitrogens with zero attached hydrogens (tertiary/aromatic N) is 1. The number of unbranched alkanes of at least 4 members (excludes halogenated alkanes) is 2. The second-order valence-electron chi connectivity index (χ2n) is 4.45. The highest BCUT2D eigenvalue weighted by Crippen LogP contribution is 2.23. The van der Waals surface area contributed by atoms with Crippen LogP contribution in [0.5, 0.6) is 0 Å². The van der Waals surface area contributed by atoms with E-state index >= 15 is 0 Å². The van der Waals surface area contributed by atoms with Crippen LogP contribution in [-0.4, -0.2) is 31.4 Å². The van der Waals surface area contributed by atoms with Gasteiger partial charge < -0.3 is 5.11 Å². The summed E-state index contributed by atoms with van der Waals surface area (Å²) in [5.41, 5.74) is 0.522. The van der Waals surface area contributed by atoms with E-state index in [2.05, 4.69) is 6.92 Å². The minimum absolute atomic E-state index is 0.161. The number of benzene rings is 1. The Kier molecular flexibility index (Phi) is 6.26. The van der Waals surface area contributed by atoms with Crippen LogP contribution < -0.4 is 0 Å². The quantitative estimate of drug-likeness (QED) is 0.788. The van der Waals surface area contributed by atoms with Gasteiger partial charge in [-0.3, -0.25) is 0 Å². The molecule has 4 nitrogen and oxygen atoms in total. The Morgan fingerprint density at radius 1 is 1.32 bits per heavy atom. The molecular weight excluding hydrogens is 286 g/mol. The van der Waals surface area contributed by atoms with E-state index in [1.165, 1.54) is 22.5 Å². The van der Waals surface area contributed by atoms with Gasteiger partial charge in [0.2, 0.25) is 10.0 Å². The van der Waals surface area contributed by atoms with Crippen LogP contribution >= 0.6 is 11.6 Å². The van der Waals surface area contributed by atoms with Gasteiger partial charge in [0.15, 0.2) is 0 Å². The van der Waals surface area contributed by atoms with Gasteiger partial charge in [-0.05, 0) is 24.1 Å². The third-order valence-electron chi connectivity index (χ3n) is 2.98. The maximum atomic E-state index is 12.3. The van der Waals surface area contributed by atoms with E-state index in [9.17, 15) is 8.42 Å². The molecule has 0 amide bonds. The van der Waals surface area contributed by atoms with E-state index in [1.807, 2.05) is 0 Å². The normalized spacial score (nSPS) is 12.1. The van der Waals surface area contributed by atoms with E-state index in [4.69, 9.17) is 16.7 Å². The van der Waals surface area contributed by atoms with Crippen LogP contribution in [0.25, 0.3) is 0 Å². The fourth-order valence-electron chi connectivity index (χ4n) is 1.70. The lowest BCUT2D eigenvalue weighted by Gasteiger charge is -2.17. The van der Waals surface area contributed by atoms with Gasteiger partial charge in [-0.1, -0.05) is 37.4 Å². The van der Waals surface area contributed by atoms with Crippen molar-refractivity contribution in [1.82, 2.24) is 4.31 Å². The predicted molar refractivity (Wildman–Crippen MR) is 76.7 cm³/mol. The van der Waals surface area contributed by atoms with Crippen LogP contribution in [0.3, 0.4) is 0 Å². The number of aliphatic hydroxyl groups excluding tert-OH is 1. The Hall–Kier alpha value is -0.620. The molecule has 0 aliphatic carbocycles. The molecule has 0 heterocycles. The first kappa shape index (κ1) is 16.4. The van der Waals surface area contributed by atoms with Crippen molar-refractivity contribution in [3.63, 3.8) is 0 Å². The molecule has 0 aliphatic heterocycles. The molecule has 1 N–H and O–H groups in total. The van der Waals surface area contributed by atoms with Gasteiger partial charge in [0.25, 0.3) is 0 Å². The molecule has 1 aromatic rings. The summed E-state index contributed by atoms with van der Waals surface area (Å²) in [6.45, 7) is 2.36. The van der Waals surface area contributed by atoms with Crippen LogP contribution in [-0.2, 0) is 16.6 Å². The highest BCUT2D eigenvalue weighted by Gasteiger charge is 2.21. The second-order valence-corrected chi connectivity index (χ2v) is 6.90. The van der Waals surface area contributed by atoms with Crippen molar-refractivity contribution in [2.75, 3.05) is 13.6 Å². The fraction of sp³-hybridized carbons (Fsp3) is 0.538. The summed E-state index contributed by atoms with van der Waals surface area (Å²) in [4.78, 5) is 0.161. The SMILES string of the molecule is CCCCCN(C)S(=O)(=O)c1ccc(CO)c(Cl)c1. The number of rotatable bonds is 7. The topological polar surface area (TPSA) is 57.6 Å². The van der Waals surface area contributed by atoms with Crippen molar-refractivity contribution in [3.05, 3.63) is 28.8 Å². The van der Waals surface area contributed by atoms with E-state index in [-0.39, 0.29) is 16.5 Å². The average molecular weight is 306 g/mol. The summed E-state index contributed by atoms with van der Waals surface area (Å²) < 4.78 is 25.9. The lowest BCUT2D eigenvalue weighted by atomic mass is 10.2. The van der Waals surface area contributed by atoms with Gasteiger partial charge in [0.05, 0.1) is 11.5 Å². The molecule has 0 radical (unpaired) electrons. The van der Waals surface area contributed by atoms with Gasteiger partial charge in [0.1, 0.15) is 0 Å². The number of halogens is 1. The number of hydrogen-bond acceptors (Lipinski definition) is 3. The first-order valence-electron chi connectivity index (χ1n) is 6.29. The van der Waals surface area contributed by atoms with Crippen LogP contribution in [0.4, 0.5) is 0 Å². The Balaban J connectivity index is 2.90. The second kappa shape index (κ2) is 7.24. The van der Waals surface area contributed by atoms with Crippen molar-refractivity contribution < 1.29 is 13.5 Å². The Labute approximate surface area is 120 Å². The van der Waals surface area contributed by atoms with Gasteiger partial charge in [0, 0.05) is 18.6 Å². The zero-order valence-electron chi connectivity index (χ0n) is 11.3. The lowest BCUT2D eigenvalue weighted by Crippen LogP contribution is -2.28. The first-order chi connectivity index (χ1) is 8.93. The molecular formula is C13H20ClNO3S. The average Bonchev–Trinajstić information content (AvgIpc) is 2.38. The summed E-state index contributed by atoms with van der Waals surface area (Å²) in [6.07, 6.45) is 2.89. The maximum absolute atomic E-state index is 12.3. The van der Waals surface area contributed by atoms with Crippen molar-refractivity contribution in [2.24, 2.45) is 0 Å². The van der Waals surface area contributed by atoms with Crippen molar-refractivity contribution in [3.8, 4) is 0 Å². The molecule has 0 aliphatic rings. The summed E-state index contributed by atoms with van der Waals surface area (Å²) in [5, 5.41) is 9.29. The fourth-order valence-corrected chi connectivity index (χ4v) is 3.24. The maximum Gasteiger partial charge on any atom is 0.242 e. The largest absolute Gasteiger partial charge is 0.392 e. The molecule has 0 bridgehead atoms. The Morgan fingerprint density at radius 3 is 2.53 bits per heavy atom. The lowest BCUT2D eigenvalue weighted by molar-refractivity contribution is 0.282. The van der Waals surface area contributed by atoms with E-state index in [0.29, 0.717) is 12.1 Å². The molecule has 1 rings (SSSR count).